The SMILES string of the molecule is CCCCC#CCN(C)C#N. The highest BCUT2D eigenvalue weighted by atomic mass is 15.1. The lowest BCUT2D eigenvalue weighted by Crippen LogP contribution is -2.10. The number of unbranched alkanes of at least 4 members (excludes halogenated alkanes) is 2. The van der Waals surface area contributed by atoms with Gasteiger partial charge in [-0.15, -0.1) is 5.92 Å². The van der Waals surface area contributed by atoms with Crippen molar-refractivity contribution in [2.45, 2.75) is 26.2 Å². The normalized spacial score (nSPS) is 7.73. The van der Waals surface area contributed by atoms with Crippen LogP contribution in [0.2, 0.25) is 0 Å². The summed E-state index contributed by atoms with van der Waals surface area (Å²) in [5.74, 6) is 5.93. The van der Waals surface area contributed by atoms with E-state index < -0.39 is 0 Å². The van der Waals surface area contributed by atoms with Crippen LogP contribution >= 0.6 is 0 Å². The monoisotopic (exact) mass is 150 g/mol. The molecule has 0 N–H and O–H groups in total. The van der Waals surface area contributed by atoms with Gasteiger partial charge < -0.3 is 4.90 Å². The van der Waals surface area contributed by atoms with Crippen LogP contribution in [-0.4, -0.2) is 18.5 Å². The van der Waals surface area contributed by atoms with Crippen LogP contribution in [0.3, 0.4) is 0 Å². The van der Waals surface area contributed by atoms with E-state index in [0.717, 1.165) is 12.8 Å². The molecule has 0 radical (unpaired) electrons. The maximum Gasteiger partial charge on any atom is 0.179 e. The maximum atomic E-state index is 8.35. The van der Waals surface area contributed by atoms with Gasteiger partial charge in [0.25, 0.3) is 0 Å². The summed E-state index contributed by atoms with van der Waals surface area (Å²) in [6.07, 6.45) is 5.28. The van der Waals surface area contributed by atoms with E-state index in [2.05, 4.69) is 18.8 Å². The van der Waals surface area contributed by atoms with E-state index >= 15 is 0 Å². The van der Waals surface area contributed by atoms with Gasteiger partial charge in [0, 0.05) is 13.5 Å². The summed E-state index contributed by atoms with van der Waals surface area (Å²) in [7, 11) is 1.73. The van der Waals surface area contributed by atoms with Crippen molar-refractivity contribution in [1.29, 1.82) is 5.26 Å². The van der Waals surface area contributed by atoms with Crippen LogP contribution in [0.1, 0.15) is 26.2 Å². The zero-order valence-corrected chi connectivity index (χ0v) is 7.22. The number of rotatable bonds is 3. The van der Waals surface area contributed by atoms with Crippen molar-refractivity contribution >= 4 is 0 Å². The predicted octanol–water partition coefficient (Wildman–Crippen LogP) is 1.59. The second-order valence-electron chi connectivity index (χ2n) is 2.41. The molecule has 0 rings (SSSR count). The summed E-state index contributed by atoms with van der Waals surface area (Å²) in [6.45, 7) is 2.70. The molecule has 0 aliphatic rings. The van der Waals surface area contributed by atoms with Gasteiger partial charge in [0.05, 0.1) is 6.54 Å². The summed E-state index contributed by atoms with van der Waals surface area (Å²) in [5, 5.41) is 8.35. The van der Waals surface area contributed by atoms with Crippen molar-refractivity contribution in [2.24, 2.45) is 0 Å². The molecule has 0 saturated heterocycles. The number of nitriles is 1. The van der Waals surface area contributed by atoms with E-state index in [9.17, 15) is 0 Å². The van der Waals surface area contributed by atoms with Gasteiger partial charge in [-0.05, 0) is 6.42 Å². The Kier molecular flexibility index (Phi) is 6.24. The van der Waals surface area contributed by atoms with Crippen LogP contribution < -0.4 is 0 Å². The Labute approximate surface area is 68.8 Å². The molecule has 0 aromatic carbocycles. The fourth-order valence-electron chi connectivity index (χ4n) is 0.563. The van der Waals surface area contributed by atoms with E-state index in [4.69, 9.17) is 5.26 Å². The van der Waals surface area contributed by atoms with Crippen molar-refractivity contribution in [3.05, 3.63) is 0 Å². The molecule has 0 amide bonds. The maximum absolute atomic E-state index is 8.35. The van der Waals surface area contributed by atoms with Gasteiger partial charge in [-0.1, -0.05) is 19.3 Å². The molecule has 0 aromatic heterocycles. The van der Waals surface area contributed by atoms with Gasteiger partial charge in [-0.25, -0.2) is 0 Å². The third-order valence-corrected chi connectivity index (χ3v) is 1.27. The Morgan fingerprint density at radius 3 is 2.64 bits per heavy atom. The summed E-state index contributed by atoms with van der Waals surface area (Å²) >= 11 is 0. The van der Waals surface area contributed by atoms with Gasteiger partial charge in [0.1, 0.15) is 0 Å². The minimum absolute atomic E-state index is 0.556. The Morgan fingerprint density at radius 2 is 2.09 bits per heavy atom. The zero-order valence-electron chi connectivity index (χ0n) is 7.22. The summed E-state index contributed by atoms with van der Waals surface area (Å²) in [4.78, 5) is 1.51. The lowest BCUT2D eigenvalue weighted by Gasteiger charge is -1.99. The summed E-state index contributed by atoms with van der Waals surface area (Å²) in [6, 6.07) is 0. The van der Waals surface area contributed by atoms with Crippen molar-refractivity contribution < 1.29 is 0 Å². The molecule has 0 spiro atoms. The number of nitrogens with zero attached hydrogens (tertiary/aromatic N) is 2. The molecule has 0 unspecified atom stereocenters. The van der Waals surface area contributed by atoms with E-state index in [1.807, 2.05) is 6.19 Å². The quantitative estimate of drug-likeness (QED) is 0.264. The topological polar surface area (TPSA) is 27.0 Å². The van der Waals surface area contributed by atoms with Crippen molar-refractivity contribution in [1.82, 2.24) is 4.90 Å². The molecule has 11 heavy (non-hydrogen) atoms. The highest BCUT2D eigenvalue weighted by molar-refractivity contribution is 5.02. The first-order valence-electron chi connectivity index (χ1n) is 3.87. The van der Waals surface area contributed by atoms with Crippen LogP contribution in [0.25, 0.3) is 0 Å². The molecule has 2 nitrogen and oxygen atoms in total. The smallest absolute Gasteiger partial charge is 0.179 e. The van der Waals surface area contributed by atoms with Crippen molar-refractivity contribution in [3.8, 4) is 18.0 Å². The summed E-state index contributed by atoms with van der Waals surface area (Å²) in [5.41, 5.74) is 0. The minimum Gasteiger partial charge on any atom is -0.302 e. The van der Waals surface area contributed by atoms with Crippen LogP contribution in [0, 0.1) is 23.3 Å². The molecule has 0 aromatic rings. The first-order valence-corrected chi connectivity index (χ1v) is 3.87. The van der Waals surface area contributed by atoms with E-state index in [0.29, 0.717) is 6.54 Å². The minimum atomic E-state index is 0.556. The Hall–Kier alpha value is -1.15. The molecule has 0 saturated carbocycles. The largest absolute Gasteiger partial charge is 0.302 e. The van der Waals surface area contributed by atoms with Gasteiger partial charge in [0.2, 0.25) is 0 Å². The summed E-state index contributed by atoms with van der Waals surface area (Å²) < 4.78 is 0. The van der Waals surface area contributed by atoms with E-state index in [-0.39, 0.29) is 0 Å². The third-order valence-electron chi connectivity index (χ3n) is 1.27. The van der Waals surface area contributed by atoms with Gasteiger partial charge in [-0.3, -0.25) is 0 Å². The number of hydrogen-bond acceptors (Lipinski definition) is 2. The number of hydrogen-bond donors (Lipinski definition) is 0. The highest BCUT2D eigenvalue weighted by Gasteiger charge is 1.84. The first kappa shape index (κ1) is 9.85. The molecule has 0 heterocycles. The van der Waals surface area contributed by atoms with Crippen molar-refractivity contribution in [2.75, 3.05) is 13.6 Å². The third kappa shape index (κ3) is 6.74. The molecule has 0 aliphatic heterocycles. The first-order chi connectivity index (χ1) is 5.31. The average Bonchev–Trinajstić information content (AvgIpc) is 2.04. The van der Waals surface area contributed by atoms with Crippen molar-refractivity contribution in [3.63, 3.8) is 0 Å². The average molecular weight is 150 g/mol. The fraction of sp³-hybridized carbons (Fsp3) is 0.667. The van der Waals surface area contributed by atoms with Gasteiger partial charge in [-0.2, -0.15) is 5.26 Å². The molecule has 0 aliphatic carbocycles. The zero-order chi connectivity index (χ0) is 8.53. The van der Waals surface area contributed by atoms with Crippen LogP contribution in [0.5, 0.6) is 0 Å². The van der Waals surface area contributed by atoms with Crippen LogP contribution in [0.4, 0.5) is 0 Å². The second-order valence-corrected chi connectivity index (χ2v) is 2.41. The van der Waals surface area contributed by atoms with E-state index in [1.54, 1.807) is 7.05 Å². The molecule has 60 valence electrons. The standard InChI is InChI=1S/C9H14N2/c1-3-4-5-6-7-8-11(2)9-10/h3-5,8H2,1-2H3. The Balaban J connectivity index is 3.34. The van der Waals surface area contributed by atoms with Crippen LogP contribution in [0.15, 0.2) is 0 Å². The second kappa shape index (κ2) is 6.96. The Morgan fingerprint density at radius 1 is 1.36 bits per heavy atom. The predicted molar refractivity (Wildman–Crippen MR) is 45.5 cm³/mol. The molecule has 0 fully saturated rings. The van der Waals surface area contributed by atoms with E-state index in [1.165, 1.54) is 11.3 Å². The Bertz CT molecular complexity index is 180. The lowest BCUT2D eigenvalue weighted by atomic mass is 10.2. The molecular formula is C9H14N2. The van der Waals surface area contributed by atoms with Gasteiger partial charge in [0.15, 0.2) is 6.19 Å². The molecule has 2 heteroatoms. The van der Waals surface area contributed by atoms with Crippen LogP contribution in [-0.2, 0) is 0 Å². The fourth-order valence-corrected chi connectivity index (χ4v) is 0.563. The molecule has 0 atom stereocenters. The molecular weight excluding hydrogens is 136 g/mol. The molecule has 0 bridgehead atoms. The lowest BCUT2D eigenvalue weighted by molar-refractivity contribution is 0.538. The van der Waals surface area contributed by atoms with Gasteiger partial charge >= 0.3 is 0 Å². The highest BCUT2D eigenvalue weighted by Crippen LogP contribution is 1.90.